The van der Waals surface area contributed by atoms with E-state index in [9.17, 15) is 25.1 Å². The molecule has 4 aliphatic heterocycles. The van der Waals surface area contributed by atoms with Crippen LogP contribution in [0.2, 0.25) is 0 Å². The molecule has 2 saturated heterocycles. The first-order valence-corrected chi connectivity index (χ1v) is 23.4. The number of hydrogen-bond donors (Lipinski definition) is 2. The summed E-state index contributed by atoms with van der Waals surface area (Å²) >= 11 is 1.30. The molecule has 9 rings (SSSR count). The van der Waals surface area contributed by atoms with Crippen molar-refractivity contribution in [1.82, 2.24) is 24.4 Å². The number of ether oxygens (including phenoxy) is 3. The Morgan fingerprint density at radius 2 is 1.97 bits per heavy atom. The molecule has 9 atom stereocenters. The van der Waals surface area contributed by atoms with E-state index in [-0.39, 0.29) is 43.6 Å². The maximum Gasteiger partial charge on any atom is 0.318 e. The number of hydrazine groups is 1. The molecule has 64 heavy (non-hydrogen) atoms. The van der Waals surface area contributed by atoms with Crippen molar-refractivity contribution in [3.8, 4) is 28.6 Å². The van der Waals surface area contributed by atoms with Crippen LogP contribution in [-0.2, 0) is 41.6 Å². The van der Waals surface area contributed by atoms with Crippen LogP contribution in [0.5, 0.6) is 0 Å². The Morgan fingerprint density at radius 3 is 2.69 bits per heavy atom. The number of hydrazone groups is 1. The molecule has 1 aliphatic carbocycles. The van der Waals surface area contributed by atoms with E-state index in [0.29, 0.717) is 49.6 Å². The quantitative estimate of drug-likeness (QED) is 0.196. The van der Waals surface area contributed by atoms with Crippen LogP contribution in [-0.4, -0.2) is 121 Å². The summed E-state index contributed by atoms with van der Waals surface area (Å²) in [6.45, 7) is 13.9. The minimum atomic E-state index is -1.84. The fraction of sp³-hybridized carbons (Fsp3) is 0.562. The molecular weight excluding hydrogens is 835 g/mol. The van der Waals surface area contributed by atoms with Gasteiger partial charge >= 0.3 is 5.54 Å². The number of methoxy groups -OCH3 is 1. The fourth-order valence-electron chi connectivity index (χ4n) is 10.5. The summed E-state index contributed by atoms with van der Waals surface area (Å²) in [5.74, 6) is -4.82. The molecule has 338 valence electrons. The molecule has 0 spiro atoms. The van der Waals surface area contributed by atoms with Gasteiger partial charge in [0.15, 0.2) is 5.78 Å². The van der Waals surface area contributed by atoms with Gasteiger partial charge in [0.05, 0.1) is 54.2 Å². The van der Waals surface area contributed by atoms with Crippen molar-refractivity contribution in [2.75, 3.05) is 40.0 Å². The van der Waals surface area contributed by atoms with Gasteiger partial charge in [-0.2, -0.15) is 5.26 Å². The highest BCUT2D eigenvalue weighted by molar-refractivity contribution is 7.10. The first-order valence-electron chi connectivity index (χ1n) is 22.6. The van der Waals surface area contributed by atoms with Crippen molar-refractivity contribution in [3.63, 3.8) is 0 Å². The number of ketones is 1. The number of thiazole rings is 1. The number of amides is 2. The molecule has 4 aromatic rings. The summed E-state index contributed by atoms with van der Waals surface area (Å²) in [5.41, 5.74) is 4.98. The average Bonchev–Trinajstić information content (AvgIpc) is 4.08. The number of nitriles is 1. The number of aliphatic hydroxyl groups is 2. The number of carbonyl (C=O) groups excluding carboxylic acids is 3. The monoisotopic (exact) mass is 892 g/mol. The summed E-state index contributed by atoms with van der Waals surface area (Å²) in [6, 6.07) is 12.5. The predicted molar refractivity (Wildman–Crippen MR) is 238 cm³/mol. The van der Waals surface area contributed by atoms with E-state index in [1.54, 1.807) is 43.0 Å². The molecule has 7 heterocycles. The van der Waals surface area contributed by atoms with Gasteiger partial charge in [-0.05, 0) is 74.8 Å². The number of benzene rings is 1. The van der Waals surface area contributed by atoms with Gasteiger partial charge < -0.3 is 33.9 Å². The second kappa shape index (κ2) is 16.8. The third-order valence-corrected chi connectivity index (χ3v) is 15.1. The van der Waals surface area contributed by atoms with E-state index in [1.807, 2.05) is 24.4 Å². The Labute approximate surface area is 377 Å². The van der Waals surface area contributed by atoms with Crippen molar-refractivity contribution in [2.24, 2.45) is 35.0 Å². The summed E-state index contributed by atoms with van der Waals surface area (Å²) in [4.78, 5) is 54.6. The molecule has 1 aromatic carbocycles. The van der Waals surface area contributed by atoms with Crippen LogP contribution >= 0.6 is 11.3 Å². The van der Waals surface area contributed by atoms with E-state index in [1.165, 1.54) is 16.3 Å². The van der Waals surface area contributed by atoms with Crippen LogP contribution in [0.4, 0.5) is 0 Å². The maximum atomic E-state index is 15.1. The number of Topliss-reactive ketones (excluding diaryl/α,β-unsaturated/α-hetero) is 1. The second-order valence-electron chi connectivity index (χ2n) is 19.0. The minimum absolute atomic E-state index is 0.156. The molecule has 0 radical (unpaired) electrons. The number of aryl methyl sites for hydroxylation is 1. The molecule has 2 amide bonds. The molecular formula is C48H58N7O8S+. The average molecular weight is 893 g/mol. The van der Waals surface area contributed by atoms with Crippen molar-refractivity contribution in [3.05, 3.63) is 58.2 Å². The normalized spacial score (nSPS) is 28.6. The zero-order valence-corrected chi connectivity index (χ0v) is 38.4. The summed E-state index contributed by atoms with van der Waals surface area (Å²) in [6.07, 6.45) is 0.721. The molecule has 5 aliphatic rings. The summed E-state index contributed by atoms with van der Waals surface area (Å²) in [7, 11) is 1.68. The van der Waals surface area contributed by atoms with Gasteiger partial charge in [-0.15, -0.1) is 16.3 Å². The van der Waals surface area contributed by atoms with Crippen molar-refractivity contribution in [1.29, 1.82) is 5.26 Å². The van der Waals surface area contributed by atoms with Gasteiger partial charge in [-0.25, -0.2) is 4.98 Å². The zero-order valence-electron chi connectivity index (χ0n) is 37.6. The number of hydrogen-bond acceptors (Lipinski definition) is 12. The molecule has 16 heteroatoms. The number of rotatable bonds is 10. The Kier molecular flexibility index (Phi) is 11.7. The highest BCUT2D eigenvalue weighted by atomic mass is 32.1. The van der Waals surface area contributed by atoms with E-state index in [2.05, 4.69) is 49.6 Å². The number of carbonyl (C=O) groups is 3. The third-order valence-electron chi connectivity index (χ3n) is 14.2. The Hall–Kier alpha value is -4.89. The molecule has 2 unspecified atom stereocenters. The van der Waals surface area contributed by atoms with Gasteiger partial charge in [0.2, 0.25) is 12.2 Å². The maximum absolute atomic E-state index is 15.1. The lowest BCUT2D eigenvalue weighted by molar-refractivity contribution is -0.672. The topological polar surface area (TPSA) is 183 Å². The van der Waals surface area contributed by atoms with Crippen molar-refractivity contribution < 1.29 is 43.5 Å². The standard InChI is InChI=1S/C48H58N7O8S/c1-8-53-34-14-13-29-18-31(34)32(39(53)30-12-10-16-50-38(30)27(4)61-7)19-47(5,6)25-63-46(60)48-15-11-17-54(55(48)24-48)45(59)37(42(62-9-2)43-51-33(29)23-64-43)41(57)40(56)35-26(3)36(35)44(58)52-21-28(20-49)22-52/h10,12-14,16,18,23-24,26-28,35-37,41-42,46,57,60H,8-9,11,15,17,19,21-22,25H2,1-7H3/q+1/t26-,27+,35-,36-,37?,41+,42+,46?,48+/m1/s1. The molecule has 2 N–H and O–H groups in total. The van der Waals surface area contributed by atoms with Gasteiger partial charge in [0.25, 0.3) is 12.1 Å². The van der Waals surface area contributed by atoms with E-state index in [4.69, 9.17) is 24.2 Å². The fourth-order valence-corrected chi connectivity index (χ4v) is 11.4. The van der Waals surface area contributed by atoms with E-state index in [0.717, 1.165) is 39.0 Å². The zero-order chi connectivity index (χ0) is 45.4. The summed E-state index contributed by atoms with van der Waals surface area (Å²) in [5, 5.41) is 38.3. The molecule has 6 bridgehead atoms. The second-order valence-corrected chi connectivity index (χ2v) is 19.8. The lowest BCUT2D eigenvalue weighted by Crippen LogP contribution is -2.55. The van der Waals surface area contributed by atoms with Crippen LogP contribution in [0, 0.1) is 46.3 Å². The lowest BCUT2D eigenvalue weighted by atomic mass is 9.84. The highest BCUT2D eigenvalue weighted by Gasteiger charge is 2.70. The van der Waals surface area contributed by atoms with Crippen molar-refractivity contribution >= 4 is 46.1 Å². The summed E-state index contributed by atoms with van der Waals surface area (Å²) < 4.78 is 22.6. The smallest absolute Gasteiger partial charge is 0.318 e. The van der Waals surface area contributed by atoms with Gasteiger partial charge in [0, 0.05) is 79.3 Å². The Morgan fingerprint density at radius 1 is 1.19 bits per heavy atom. The van der Waals surface area contributed by atoms with Crippen LogP contribution in [0.3, 0.4) is 0 Å². The Balaban J connectivity index is 1.16. The number of nitrogens with zero attached hydrogens (tertiary/aromatic N) is 7. The number of likely N-dealkylation sites (tertiary alicyclic amines) is 1. The molecule has 1 saturated carbocycles. The van der Waals surface area contributed by atoms with E-state index < -0.39 is 58.9 Å². The minimum Gasteiger partial charge on any atom is -0.384 e. The first-order chi connectivity index (χ1) is 30.7. The van der Waals surface area contributed by atoms with Gasteiger partial charge in [0.1, 0.15) is 23.1 Å². The predicted octanol–water partition coefficient (Wildman–Crippen LogP) is 5.33. The first kappa shape index (κ1) is 44.3. The van der Waals surface area contributed by atoms with Gasteiger partial charge in [-0.1, -0.05) is 31.5 Å². The van der Waals surface area contributed by atoms with Crippen LogP contribution in [0.25, 0.3) is 33.4 Å². The van der Waals surface area contributed by atoms with E-state index >= 15 is 4.79 Å². The number of fused-ring (bicyclic) bond motifs is 4. The van der Waals surface area contributed by atoms with Crippen LogP contribution in [0.15, 0.2) is 41.9 Å². The molecule has 15 nitrogen and oxygen atoms in total. The highest BCUT2D eigenvalue weighted by Crippen LogP contribution is 2.51. The van der Waals surface area contributed by atoms with Gasteiger partial charge in [-0.3, -0.25) is 19.4 Å². The number of aliphatic hydroxyl groups excluding tert-OH is 2. The Bertz CT molecular complexity index is 2570. The molecule has 3 aromatic heterocycles. The number of pyridine rings is 1. The number of aromatic nitrogens is 3. The largest absolute Gasteiger partial charge is 0.384 e. The van der Waals surface area contributed by atoms with Crippen molar-refractivity contribution in [2.45, 2.75) is 97.5 Å². The third kappa shape index (κ3) is 7.38. The lowest BCUT2D eigenvalue weighted by Gasteiger charge is -2.35. The SMILES string of the molecule is CCO[C@@H]1c2nc(cs2)-c2ccc3c(c2)c(c(-c2cccnc2[C@H](C)OC)n3CC)CC(C)(C)COC(O)[C@]23C=[N+]2N(CCC3)C(=O)C1[C@H](O)C(=O)[C@@H]1[C@@H](C)[C@H]1C(=O)N1CC(C#N)C1. The van der Waals surface area contributed by atoms with Crippen LogP contribution < -0.4 is 0 Å². The van der Waals surface area contributed by atoms with Crippen LogP contribution in [0.1, 0.15) is 82.9 Å². The molecule has 3 fully saturated rings.